The molecular weight excluding hydrogens is 322 g/mol. The van der Waals surface area contributed by atoms with Crippen LogP contribution in [0.5, 0.6) is 0 Å². The first kappa shape index (κ1) is 16.9. The fraction of sp³-hybridized carbons (Fsp3) is 0.533. The van der Waals surface area contributed by atoms with E-state index in [2.05, 4.69) is 20.1 Å². The van der Waals surface area contributed by atoms with Crippen LogP contribution in [0.1, 0.15) is 18.0 Å². The van der Waals surface area contributed by atoms with Gasteiger partial charge in [-0.25, -0.2) is 0 Å². The third-order valence-electron chi connectivity index (χ3n) is 3.59. The van der Waals surface area contributed by atoms with E-state index in [0.29, 0.717) is 25.4 Å². The van der Waals surface area contributed by atoms with E-state index in [0.717, 1.165) is 18.8 Å². The second-order valence-electron chi connectivity index (χ2n) is 5.55. The number of ether oxygens (including phenoxy) is 2. The molecule has 1 atom stereocenters. The highest BCUT2D eigenvalue weighted by atomic mass is 19.3. The summed E-state index contributed by atoms with van der Waals surface area (Å²) in [4.78, 5) is 6.41. The van der Waals surface area contributed by atoms with E-state index in [1.807, 2.05) is 7.05 Å². The summed E-state index contributed by atoms with van der Waals surface area (Å²) in [6.07, 6.45) is -1.23. The van der Waals surface area contributed by atoms with E-state index in [1.54, 1.807) is 12.1 Å². The third kappa shape index (κ3) is 4.31. The fourth-order valence-corrected chi connectivity index (χ4v) is 2.34. The molecule has 3 rings (SSSR count). The van der Waals surface area contributed by atoms with Crippen LogP contribution < -0.4 is 0 Å². The van der Waals surface area contributed by atoms with Gasteiger partial charge in [-0.15, -0.1) is 10.2 Å². The molecule has 2 aromatic heterocycles. The highest BCUT2D eigenvalue weighted by Crippen LogP contribution is 2.22. The zero-order valence-corrected chi connectivity index (χ0v) is 13.2. The number of pyridine rings is 1. The number of morpholine rings is 1. The highest BCUT2D eigenvalue weighted by Gasteiger charge is 2.18. The molecule has 0 radical (unpaired) electrons. The molecule has 0 unspecified atom stereocenters. The summed E-state index contributed by atoms with van der Waals surface area (Å²) in [6, 6.07) is 3.41. The summed E-state index contributed by atoms with van der Waals surface area (Å²) in [6.45, 7) is 3.33. The smallest absolute Gasteiger partial charge is 0.314 e. The molecule has 0 aromatic carbocycles. The Bertz CT molecular complexity index is 650. The Morgan fingerprint density at radius 3 is 2.92 bits per heavy atom. The van der Waals surface area contributed by atoms with Gasteiger partial charge in [0.15, 0.2) is 0 Å². The van der Waals surface area contributed by atoms with Crippen molar-refractivity contribution in [3.05, 3.63) is 29.9 Å². The number of aromatic nitrogens is 3. The lowest BCUT2D eigenvalue weighted by Crippen LogP contribution is -2.42. The molecule has 1 fully saturated rings. The van der Waals surface area contributed by atoms with Crippen LogP contribution in [0.4, 0.5) is 8.78 Å². The standard InChI is InChI=1S/C15H18F2N4O3/c1-21-4-5-23-12(7-21)9-22-8-11-3-2-10(6-18-11)14-19-20-15(24-14)13(16)17/h2-3,6,12-13H,4-5,7-9H2,1H3/t12-/m0/s1. The summed E-state index contributed by atoms with van der Waals surface area (Å²) in [5, 5.41) is 6.86. The van der Waals surface area contributed by atoms with Crippen LogP contribution in [0.3, 0.4) is 0 Å². The van der Waals surface area contributed by atoms with Gasteiger partial charge in [0.25, 0.3) is 5.89 Å². The molecule has 2 aromatic rings. The number of alkyl halides is 2. The second-order valence-corrected chi connectivity index (χ2v) is 5.55. The average molecular weight is 340 g/mol. The topological polar surface area (TPSA) is 73.5 Å². The Labute approximate surface area is 137 Å². The molecule has 1 aliphatic rings. The van der Waals surface area contributed by atoms with Crippen LogP contribution in [0, 0.1) is 0 Å². The molecule has 7 nitrogen and oxygen atoms in total. The maximum absolute atomic E-state index is 12.4. The summed E-state index contributed by atoms with van der Waals surface area (Å²) in [5.41, 5.74) is 1.20. The van der Waals surface area contributed by atoms with Crippen LogP contribution in [-0.2, 0) is 16.1 Å². The molecule has 0 aliphatic carbocycles. The van der Waals surface area contributed by atoms with Crippen molar-refractivity contribution in [1.29, 1.82) is 0 Å². The Morgan fingerprint density at radius 2 is 2.25 bits per heavy atom. The van der Waals surface area contributed by atoms with E-state index in [-0.39, 0.29) is 12.0 Å². The Hall–Kier alpha value is -1.97. The van der Waals surface area contributed by atoms with Gasteiger partial charge in [-0.1, -0.05) is 0 Å². The summed E-state index contributed by atoms with van der Waals surface area (Å²) in [5.74, 6) is -0.682. The maximum Gasteiger partial charge on any atom is 0.314 e. The van der Waals surface area contributed by atoms with Crippen LogP contribution in [0.2, 0.25) is 0 Å². The molecule has 24 heavy (non-hydrogen) atoms. The monoisotopic (exact) mass is 340 g/mol. The molecule has 0 spiro atoms. The quantitative estimate of drug-likeness (QED) is 0.795. The van der Waals surface area contributed by atoms with Gasteiger partial charge < -0.3 is 18.8 Å². The molecule has 0 bridgehead atoms. The van der Waals surface area contributed by atoms with E-state index in [1.165, 1.54) is 6.20 Å². The number of hydrogen-bond donors (Lipinski definition) is 0. The zero-order valence-electron chi connectivity index (χ0n) is 13.2. The summed E-state index contributed by atoms with van der Waals surface area (Å²) in [7, 11) is 2.05. The van der Waals surface area contributed by atoms with Crippen molar-refractivity contribution in [2.24, 2.45) is 0 Å². The predicted molar refractivity (Wildman–Crippen MR) is 79.4 cm³/mol. The van der Waals surface area contributed by atoms with Crippen molar-refractivity contribution in [3.8, 4) is 11.5 Å². The van der Waals surface area contributed by atoms with Crippen molar-refractivity contribution in [2.75, 3.05) is 33.4 Å². The van der Waals surface area contributed by atoms with Crippen molar-refractivity contribution in [1.82, 2.24) is 20.1 Å². The Kier molecular flexibility index (Phi) is 5.44. The minimum atomic E-state index is -2.78. The van der Waals surface area contributed by atoms with E-state index < -0.39 is 12.3 Å². The lowest BCUT2D eigenvalue weighted by molar-refractivity contribution is -0.0667. The molecule has 0 amide bonds. The molecule has 0 N–H and O–H groups in total. The maximum atomic E-state index is 12.4. The average Bonchev–Trinajstić information content (AvgIpc) is 3.06. The van der Waals surface area contributed by atoms with Crippen LogP contribution in [0.25, 0.3) is 11.5 Å². The largest absolute Gasteiger partial charge is 0.415 e. The Morgan fingerprint density at radius 1 is 1.38 bits per heavy atom. The minimum Gasteiger partial charge on any atom is -0.415 e. The van der Waals surface area contributed by atoms with Gasteiger partial charge in [0.1, 0.15) is 0 Å². The highest BCUT2D eigenvalue weighted by molar-refractivity contribution is 5.50. The molecule has 1 aliphatic heterocycles. The number of halogens is 2. The van der Waals surface area contributed by atoms with Crippen molar-refractivity contribution in [2.45, 2.75) is 19.1 Å². The fourth-order valence-electron chi connectivity index (χ4n) is 2.34. The zero-order chi connectivity index (χ0) is 16.9. The summed E-state index contributed by atoms with van der Waals surface area (Å²) >= 11 is 0. The Balaban J connectivity index is 1.50. The van der Waals surface area contributed by atoms with Gasteiger partial charge in [0.2, 0.25) is 5.89 Å². The van der Waals surface area contributed by atoms with Crippen LogP contribution >= 0.6 is 0 Å². The number of likely N-dealkylation sites (N-methyl/N-ethyl adjacent to an activating group) is 1. The molecule has 130 valence electrons. The first-order valence-electron chi connectivity index (χ1n) is 7.56. The van der Waals surface area contributed by atoms with Gasteiger partial charge in [0.05, 0.1) is 37.2 Å². The van der Waals surface area contributed by atoms with Gasteiger partial charge in [-0.05, 0) is 19.2 Å². The molecule has 0 saturated carbocycles. The van der Waals surface area contributed by atoms with Crippen LogP contribution in [0.15, 0.2) is 22.7 Å². The number of hydrogen-bond acceptors (Lipinski definition) is 7. The lowest BCUT2D eigenvalue weighted by atomic mass is 10.2. The SMILES string of the molecule is CN1CCO[C@H](COCc2ccc(-c3nnc(C(F)F)o3)cn2)C1. The second kappa shape index (κ2) is 7.73. The predicted octanol–water partition coefficient (Wildman–Crippen LogP) is 1.92. The van der Waals surface area contributed by atoms with E-state index in [9.17, 15) is 8.78 Å². The summed E-state index contributed by atoms with van der Waals surface area (Å²) < 4.78 is 41.0. The molecular formula is C15H18F2N4O3. The van der Waals surface area contributed by atoms with Crippen molar-refractivity contribution in [3.63, 3.8) is 0 Å². The molecule has 3 heterocycles. The molecule has 1 saturated heterocycles. The van der Waals surface area contributed by atoms with Crippen molar-refractivity contribution < 1.29 is 22.7 Å². The lowest BCUT2D eigenvalue weighted by Gasteiger charge is -2.29. The number of rotatable bonds is 6. The first-order chi connectivity index (χ1) is 11.6. The molecule has 9 heteroatoms. The van der Waals surface area contributed by atoms with Crippen LogP contribution in [-0.4, -0.2) is 59.5 Å². The minimum absolute atomic E-state index is 0.0175. The van der Waals surface area contributed by atoms with Gasteiger partial charge in [-0.3, -0.25) is 4.98 Å². The third-order valence-corrected chi connectivity index (χ3v) is 3.59. The normalized spacial score (nSPS) is 19.1. The van der Waals surface area contributed by atoms with Crippen molar-refractivity contribution >= 4 is 0 Å². The van der Waals surface area contributed by atoms with Gasteiger partial charge in [0, 0.05) is 19.3 Å². The first-order valence-corrected chi connectivity index (χ1v) is 7.56. The van der Waals surface area contributed by atoms with E-state index in [4.69, 9.17) is 13.9 Å². The number of nitrogens with zero attached hydrogens (tertiary/aromatic N) is 4. The van der Waals surface area contributed by atoms with Gasteiger partial charge >= 0.3 is 6.43 Å². The van der Waals surface area contributed by atoms with E-state index >= 15 is 0 Å². The van der Waals surface area contributed by atoms with Gasteiger partial charge in [-0.2, -0.15) is 8.78 Å².